The van der Waals surface area contributed by atoms with E-state index in [1.54, 1.807) is 0 Å². The normalized spacial score (nSPS) is 12.2. The Morgan fingerprint density at radius 1 is 0.611 bits per heavy atom. The number of ether oxygens (including phenoxy) is 2. The molecule has 0 aromatic carbocycles. The predicted octanol–water partition coefficient (Wildman–Crippen LogP) is 8.61. The third kappa shape index (κ3) is 25.7. The second-order valence-electron chi connectivity index (χ2n) is 10.2. The van der Waals surface area contributed by atoms with Crippen molar-refractivity contribution in [1.82, 2.24) is 0 Å². The maximum atomic E-state index is 12.0. The Labute approximate surface area is 222 Å². The van der Waals surface area contributed by atoms with Gasteiger partial charge >= 0.3 is 11.9 Å². The Morgan fingerprint density at radius 3 is 1.53 bits per heavy atom. The second-order valence-corrected chi connectivity index (χ2v) is 10.2. The molecule has 0 aromatic rings. The molecule has 0 heterocycles. The predicted molar refractivity (Wildman–Crippen MR) is 150 cm³/mol. The van der Waals surface area contributed by atoms with E-state index in [-0.39, 0.29) is 25.2 Å². The molecule has 0 aromatic heterocycles. The molecule has 0 bridgehead atoms. The summed E-state index contributed by atoms with van der Waals surface area (Å²) in [5, 5.41) is 9.44. The molecular formula is C31H58O5. The molecule has 1 atom stereocenters. The zero-order valence-electron chi connectivity index (χ0n) is 23.8. The van der Waals surface area contributed by atoms with Crippen LogP contribution in [0.25, 0.3) is 0 Å². The maximum absolute atomic E-state index is 12.0. The molecule has 0 amide bonds. The van der Waals surface area contributed by atoms with Crippen molar-refractivity contribution in [3.05, 3.63) is 12.2 Å². The van der Waals surface area contributed by atoms with Crippen LogP contribution in [0.1, 0.15) is 155 Å². The van der Waals surface area contributed by atoms with Gasteiger partial charge in [0, 0.05) is 12.8 Å². The molecule has 0 rings (SSSR count). The van der Waals surface area contributed by atoms with Crippen molar-refractivity contribution < 1.29 is 24.2 Å². The van der Waals surface area contributed by atoms with E-state index >= 15 is 0 Å². The van der Waals surface area contributed by atoms with Crippen molar-refractivity contribution in [1.29, 1.82) is 0 Å². The van der Waals surface area contributed by atoms with Crippen molar-refractivity contribution >= 4 is 11.9 Å². The first-order chi connectivity index (χ1) is 17.6. The Morgan fingerprint density at radius 2 is 1.03 bits per heavy atom. The highest BCUT2D eigenvalue weighted by Crippen LogP contribution is 2.12. The van der Waals surface area contributed by atoms with Crippen LogP contribution in [0, 0.1) is 0 Å². The number of aliphatic hydroxyl groups excluding tert-OH is 1. The van der Waals surface area contributed by atoms with Gasteiger partial charge in [0.25, 0.3) is 0 Å². The highest BCUT2D eigenvalue weighted by Gasteiger charge is 2.16. The lowest BCUT2D eigenvalue weighted by Gasteiger charge is -2.15. The van der Waals surface area contributed by atoms with E-state index in [2.05, 4.69) is 26.0 Å². The van der Waals surface area contributed by atoms with Crippen LogP contribution in [0.5, 0.6) is 0 Å². The van der Waals surface area contributed by atoms with Crippen molar-refractivity contribution in [3.8, 4) is 0 Å². The Hall–Kier alpha value is -1.36. The molecule has 0 spiro atoms. The van der Waals surface area contributed by atoms with Gasteiger partial charge in [-0.15, -0.1) is 0 Å². The summed E-state index contributed by atoms with van der Waals surface area (Å²) in [5.74, 6) is -0.603. The first-order valence-electron chi connectivity index (χ1n) is 15.2. The maximum Gasteiger partial charge on any atom is 0.306 e. The lowest BCUT2D eigenvalue weighted by atomic mass is 10.1. The third-order valence-electron chi connectivity index (χ3n) is 6.56. The van der Waals surface area contributed by atoms with Crippen molar-refractivity contribution in [2.24, 2.45) is 0 Å². The minimum Gasteiger partial charge on any atom is -0.462 e. The highest BCUT2D eigenvalue weighted by molar-refractivity contribution is 5.70. The SMILES string of the molecule is CCCCCCC=CCCCCCCCC(=O)OCC(CO)OC(=O)CCCCCCCCCCC. The summed E-state index contributed by atoms with van der Waals surface area (Å²) >= 11 is 0. The molecule has 0 radical (unpaired) electrons. The molecule has 0 aliphatic rings. The van der Waals surface area contributed by atoms with Gasteiger partial charge in [0.2, 0.25) is 0 Å². The van der Waals surface area contributed by atoms with Crippen LogP contribution in [0.4, 0.5) is 0 Å². The van der Waals surface area contributed by atoms with E-state index in [1.165, 1.54) is 83.5 Å². The summed E-state index contributed by atoms with van der Waals surface area (Å²) in [7, 11) is 0. The van der Waals surface area contributed by atoms with Gasteiger partial charge in [-0.25, -0.2) is 0 Å². The first kappa shape index (κ1) is 34.6. The molecule has 0 aliphatic carbocycles. The van der Waals surface area contributed by atoms with Crippen LogP contribution in [-0.2, 0) is 19.1 Å². The van der Waals surface area contributed by atoms with Gasteiger partial charge in [0.05, 0.1) is 6.61 Å². The van der Waals surface area contributed by atoms with E-state index in [9.17, 15) is 14.7 Å². The number of esters is 2. The third-order valence-corrected chi connectivity index (χ3v) is 6.56. The fourth-order valence-corrected chi connectivity index (χ4v) is 4.19. The number of hydrogen-bond acceptors (Lipinski definition) is 5. The molecule has 5 heteroatoms. The second kappa shape index (κ2) is 28.2. The number of allylic oxidation sites excluding steroid dienone is 2. The van der Waals surface area contributed by atoms with E-state index in [1.807, 2.05) is 0 Å². The summed E-state index contributed by atoms with van der Waals surface area (Å²) < 4.78 is 10.5. The molecule has 36 heavy (non-hydrogen) atoms. The van der Waals surface area contributed by atoms with Gasteiger partial charge in [-0.2, -0.15) is 0 Å². The van der Waals surface area contributed by atoms with Crippen molar-refractivity contribution in [2.45, 2.75) is 161 Å². The summed E-state index contributed by atoms with van der Waals surface area (Å²) in [4.78, 5) is 23.9. The first-order valence-corrected chi connectivity index (χ1v) is 15.2. The molecule has 5 nitrogen and oxygen atoms in total. The zero-order chi connectivity index (χ0) is 26.5. The Kier molecular flexibility index (Phi) is 27.1. The average molecular weight is 511 g/mol. The standard InChI is InChI=1S/C31H58O5/c1-3-5-7-9-11-13-14-15-16-18-19-21-23-25-30(33)35-28-29(27-32)36-31(34)26-24-22-20-17-12-10-8-6-4-2/h13-14,29,32H,3-12,15-28H2,1-2H3. The van der Waals surface area contributed by atoms with Crippen LogP contribution >= 0.6 is 0 Å². The minimum atomic E-state index is -0.764. The zero-order valence-corrected chi connectivity index (χ0v) is 23.8. The summed E-state index contributed by atoms with van der Waals surface area (Å²) in [6, 6.07) is 0. The number of carbonyl (C=O) groups is 2. The lowest BCUT2D eigenvalue weighted by molar-refractivity contribution is -0.161. The molecule has 0 saturated carbocycles. The monoisotopic (exact) mass is 510 g/mol. The van der Waals surface area contributed by atoms with Crippen molar-refractivity contribution in [3.63, 3.8) is 0 Å². The van der Waals surface area contributed by atoms with Gasteiger partial charge in [-0.3, -0.25) is 9.59 Å². The summed E-state index contributed by atoms with van der Waals surface area (Å²) in [5.41, 5.74) is 0. The smallest absolute Gasteiger partial charge is 0.306 e. The van der Waals surface area contributed by atoms with E-state index in [0.29, 0.717) is 12.8 Å². The molecule has 1 N–H and O–H groups in total. The van der Waals surface area contributed by atoms with Crippen LogP contribution < -0.4 is 0 Å². The van der Waals surface area contributed by atoms with Crippen LogP contribution in [-0.4, -0.2) is 36.4 Å². The Balaban J connectivity index is 3.60. The fraction of sp³-hybridized carbons (Fsp3) is 0.871. The topological polar surface area (TPSA) is 72.8 Å². The number of carbonyl (C=O) groups excluding carboxylic acids is 2. The lowest BCUT2D eigenvalue weighted by Crippen LogP contribution is -2.28. The minimum absolute atomic E-state index is 0.0659. The van der Waals surface area contributed by atoms with Gasteiger partial charge < -0.3 is 14.6 Å². The number of unbranched alkanes of at least 4 members (excludes halogenated alkanes) is 17. The van der Waals surface area contributed by atoms with Gasteiger partial charge in [0.1, 0.15) is 6.61 Å². The summed E-state index contributed by atoms with van der Waals surface area (Å²) in [6.45, 7) is 4.07. The Bertz CT molecular complexity index is 517. The molecule has 0 fully saturated rings. The van der Waals surface area contributed by atoms with Crippen LogP contribution in [0.15, 0.2) is 12.2 Å². The summed E-state index contributed by atoms with van der Waals surface area (Å²) in [6.07, 6.45) is 28.3. The largest absolute Gasteiger partial charge is 0.462 e. The van der Waals surface area contributed by atoms with Crippen LogP contribution in [0.2, 0.25) is 0 Å². The number of hydrogen-bond donors (Lipinski definition) is 1. The van der Waals surface area contributed by atoms with Gasteiger partial charge in [0.15, 0.2) is 6.10 Å². The highest BCUT2D eigenvalue weighted by atomic mass is 16.6. The van der Waals surface area contributed by atoms with E-state index < -0.39 is 6.10 Å². The molecule has 0 saturated heterocycles. The quantitative estimate of drug-likeness (QED) is 0.0680. The number of aliphatic hydroxyl groups is 1. The fourth-order valence-electron chi connectivity index (χ4n) is 4.19. The van der Waals surface area contributed by atoms with Crippen molar-refractivity contribution in [2.75, 3.05) is 13.2 Å². The number of rotatable bonds is 27. The van der Waals surface area contributed by atoms with Gasteiger partial charge in [-0.1, -0.05) is 116 Å². The van der Waals surface area contributed by atoms with E-state index in [0.717, 1.165) is 44.9 Å². The van der Waals surface area contributed by atoms with E-state index in [4.69, 9.17) is 9.47 Å². The van der Waals surface area contributed by atoms with Crippen LogP contribution in [0.3, 0.4) is 0 Å². The average Bonchev–Trinajstić information content (AvgIpc) is 2.88. The van der Waals surface area contributed by atoms with Gasteiger partial charge in [-0.05, 0) is 38.5 Å². The molecule has 212 valence electrons. The molecule has 1 unspecified atom stereocenters. The molecular weight excluding hydrogens is 452 g/mol. The molecule has 0 aliphatic heterocycles.